The van der Waals surface area contributed by atoms with Crippen molar-refractivity contribution in [3.63, 3.8) is 0 Å². The summed E-state index contributed by atoms with van der Waals surface area (Å²) in [5.41, 5.74) is 5.66. The molecule has 0 saturated carbocycles. The number of aryl methyl sites for hydroxylation is 1. The predicted molar refractivity (Wildman–Crippen MR) is 114 cm³/mol. The van der Waals surface area contributed by atoms with Gasteiger partial charge in [-0.05, 0) is 42.7 Å². The van der Waals surface area contributed by atoms with Crippen LogP contribution in [0.3, 0.4) is 0 Å². The topological polar surface area (TPSA) is 72.9 Å². The molecule has 0 atom stereocenters. The van der Waals surface area contributed by atoms with Gasteiger partial charge < -0.3 is 4.42 Å². The van der Waals surface area contributed by atoms with Gasteiger partial charge in [-0.3, -0.25) is 9.88 Å². The van der Waals surface area contributed by atoms with Crippen LogP contribution in [0.4, 0.5) is 0 Å². The summed E-state index contributed by atoms with van der Waals surface area (Å²) in [4.78, 5) is 6.40. The van der Waals surface area contributed by atoms with Gasteiger partial charge in [0, 0.05) is 37.2 Å². The molecule has 0 bridgehead atoms. The predicted octanol–water partition coefficient (Wildman–Crippen LogP) is 3.92. The Morgan fingerprint density at radius 2 is 1.97 bits per heavy atom. The first-order chi connectivity index (χ1) is 14.8. The molecule has 0 amide bonds. The molecule has 4 aromatic rings. The number of hydrogen-bond acceptors (Lipinski definition) is 6. The van der Waals surface area contributed by atoms with Crippen molar-refractivity contribution in [3.05, 3.63) is 84.3 Å². The van der Waals surface area contributed by atoms with Crippen molar-refractivity contribution in [1.29, 1.82) is 0 Å². The van der Waals surface area contributed by atoms with Crippen molar-refractivity contribution in [2.75, 3.05) is 13.1 Å². The van der Waals surface area contributed by atoms with E-state index in [0.29, 0.717) is 18.3 Å². The first-order valence-electron chi connectivity index (χ1n) is 10.0. The van der Waals surface area contributed by atoms with Crippen LogP contribution in [0.1, 0.15) is 23.4 Å². The van der Waals surface area contributed by atoms with Gasteiger partial charge in [0.15, 0.2) is 0 Å². The van der Waals surface area contributed by atoms with Crippen LogP contribution in [-0.4, -0.2) is 43.0 Å². The summed E-state index contributed by atoms with van der Waals surface area (Å²) in [6, 6.07) is 12.1. The maximum atomic E-state index is 5.81. The van der Waals surface area contributed by atoms with Crippen molar-refractivity contribution in [1.82, 2.24) is 29.9 Å². The fourth-order valence-electron chi connectivity index (χ4n) is 3.67. The Bertz CT molecular complexity index is 1180. The molecule has 0 spiro atoms. The van der Waals surface area contributed by atoms with Crippen LogP contribution in [-0.2, 0) is 6.54 Å². The van der Waals surface area contributed by atoms with Gasteiger partial charge in [-0.1, -0.05) is 24.3 Å². The van der Waals surface area contributed by atoms with Gasteiger partial charge in [0.1, 0.15) is 0 Å². The number of nitrogens with zero attached hydrogens (tertiary/aromatic N) is 6. The van der Waals surface area contributed by atoms with Gasteiger partial charge in [-0.25, -0.2) is 4.68 Å². The van der Waals surface area contributed by atoms with Crippen molar-refractivity contribution < 1.29 is 4.42 Å². The number of aromatic nitrogens is 5. The normalized spacial score (nSPS) is 14.6. The average Bonchev–Trinajstić information content (AvgIpc) is 3.46. The highest BCUT2D eigenvalue weighted by molar-refractivity contribution is 5.66. The summed E-state index contributed by atoms with van der Waals surface area (Å²) < 4.78 is 7.76. The molecule has 0 N–H and O–H groups in total. The Labute approximate surface area is 174 Å². The zero-order valence-corrected chi connectivity index (χ0v) is 16.8. The third kappa shape index (κ3) is 3.79. The maximum Gasteiger partial charge on any atom is 0.249 e. The van der Waals surface area contributed by atoms with Gasteiger partial charge in [0.25, 0.3) is 0 Å². The van der Waals surface area contributed by atoms with Crippen LogP contribution in [0.2, 0.25) is 0 Å². The molecule has 0 aliphatic carbocycles. The molecule has 3 aromatic heterocycles. The fourth-order valence-corrected chi connectivity index (χ4v) is 3.67. The molecular weight excluding hydrogens is 376 g/mol. The van der Waals surface area contributed by atoms with Crippen LogP contribution in [0, 0.1) is 6.92 Å². The van der Waals surface area contributed by atoms with E-state index in [1.807, 2.05) is 35.1 Å². The molecule has 1 aromatic carbocycles. The second kappa shape index (κ2) is 8.04. The summed E-state index contributed by atoms with van der Waals surface area (Å²) in [5.74, 6) is 1.13. The lowest BCUT2D eigenvalue weighted by atomic mass is 10.0. The lowest BCUT2D eigenvalue weighted by molar-refractivity contribution is 0.263. The van der Waals surface area contributed by atoms with E-state index >= 15 is 0 Å². The molecule has 4 heterocycles. The second-order valence-corrected chi connectivity index (χ2v) is 7.42. The quantitative estimate of drug-likeness (QED) is 0.507. The van der Waals surface area contributed by atoms with E-state index in [2.05, 4.69) is 56.5 Å². The molecule has 7 nitrogen and oxygen atoms in total. The van der Waals surface area contributed by atoms with E-state index in [1.54, 1.807) is 12.4 Å². The zero-order valence-electron chi connectivity index (χ0n) is 16.8. The van der Waals surface area contributed by atoms with E-state index in [4.69, 9.17) is 4.42 Å². The second-order valence-electron chi connectivity index (χ2n) is 7.42. The van der Waals surface area contributed by atoms with E-state index < -0.39 is 0 Å². The molecule has 30 heavy (non-hydrogen) atoms. The molecule has 0 radical (unpaired) electrons. The van der Waals surface area contributed by atoms with Gasteiger partial charge in [0.05, 0.1) is 24.0 Å². The number of pyridine rings is 1. The smallest absolute Gasteiger partial charge is 0.249 e. The molecule has 1 aliphatic heterocycles. The highest BCUT2D eigenvalue weighted by Crippen LogP contribution is 2.25. The Morgan fingerprint density at radius 3 is 2.77 bits per heavy atom. The molecule has 5 rings (SSSR count). The Kier molecular flexibility index (Phi) is 4.94. The molecule has 1 aliphatic rings. The maximum absolute atomic E-state index is 5.81. The minimum atomic E-state index is 0.509. The summed E-state index contributed by atoms with van der Waals surface area (Å²) in [6.07, 6.45) is 10.7. The first-order valence-corrected chi connectivity index (χ1v) is 10.0. The summed E-state index contributed by atoms with van der Waals surface area (Å²) in [7, 11) is 0. The van der Waals surface area contributed by atoms with Crippen molar-refractivity contribution >= 4 is 5.57 Å². The molecule has 0 unspecified atom stereocenters. The number of para-hydroxylation sites is 1. The van der Waals surface area contributed by atoms with Crippen LogP contribution in [0.25, 0.3) is 22.7 Å². The zero-order chi connectivity index (χ0) is 20.3. The van der Waals surface area contributed by atoms with Crippen molar-refractivity contribution in [2.45, 2.75) is 19.9 Å². The van der Waals surface area contributed by atoms with Crippen LogP contribution >= 0.6 is 0 Å². The minimum Gasteiger partial charge on any atom is -0.419 e. The highest BCUT2D eigenvalue weighted by atomic mass is 16.4. The van der Waals surface area contributed by atoms with E-state index in [9.17, 15) is 0 Å². The minimum absolute atomic E-state index is 0.509. The standard InChI is InChI=1S/C23H22N6O/c1-17-5-2-3-7-21(17)29-15-20(14-25-29)18-8-11-28(12-9-18)16-22-26-27-23(30-22)19-6-4-10-24-13-19/h2-8,10,13-15H,9,11-12,16H2,1H3. The molecule has 150 valence electrons. The molecule has 0 fully saturated rings. The van der Waals surface area contributed by atoms with E-state index in [-0.39, 0.29) is 0 Å². The third-order valence-electron chi connectivity index (χ3n) is 5.34. The molecular formula is C23H22N6O. The fraction of sp³-hybridized carbons (Fsp3) is 0.217. The van der Waals surface area contributed by atoms with Crippen molar-refractivity contribution in [2.24, 2.45) is 0 Å². The lowest BCUT2D eigenvalue weighted by Gasteiger charge is -2.24. The Hall–Kier alpha value is -3.58. The highest BCUT2D eigenvalue weighted by Gasteiger charge is 2.18. The van der Waals surface area contributed by atoms with Gasteiger partial charge in [-0.2, -0.15) is 5.10 Å². The number of hydrogen-bond donors (Lipinski definition) is 0. The average molecular weight is 398 g/mol. The van der Waals surface area contributed by atoms with Crippen LogP contribution in [0.5, 0.6) is 0 Å². The van der Waals surface area contributed by atoms with Crippen molar-refractivity contribution in [3.8, 4) is 17.1 Å². The Morgan fingerprint density at radius 1 is 1.03 bits per heavy atom. The van der Waals surface area contributed by atoms with Crippen LogP contribution < -0.4 is 0 Å². The monoisotopic (exact) mass is 398 g/mol. The SMILES string of the molecule is Cc1ccccc1-n1cc(C2=CCN(Cc3nnc(-c4cccnc4)o3)CC2)cn1. The third-order valence-corrected chi connectivity index (χ3v) is 5.34. The summed E-state index contributed by atoms with van der Waals surface area (Å²) >= 11 is 0. The van der Waals surface area contributed by atoms with E-state index in [1.165, 1.54) is 16.7 Å². The molecule has 0 saturated heterocycles. The number of rotatable bonds is 5. The largest absolute Gasteiger partial charge is 0.419 e. The number of benzene rings is 1. The lowest BCUT2D eigenvalue weighted by Crippen LogP contribution is -2.28. The molecule has 7 heteroatoms. The van der Waals surface area contributed by atoms with Gasteiger partial charge in [0.2, 0.25) is 11.8 Å². The first kappa shape index (κ1) is 18.4. The van der Waals surface area contributed by atoms with Gasteiger partial charge in [-0.15, -0.1) is 10.2 Å². The summed E-state index contributed by atoms with van der Waals surface area (Å²) in [6.45, 7) is 4.52. The van der Waals surface area contributed by atoms with Gasteiger partial charge >= 0.3 is 0 Å². The Balaban J connectivity index is 1.25. The summed E-state index contributed by atoms with van der Waals surface area (Å²) in [5, 5.41) is 12.9. The van der Waals surface area contributed by atoms with E-state index in [0.717, 1.165) is 30.8 Å². The van der Waals surface area contributed by atoms with Crippen LogP contribution in [0.15, 0.2) is 71.7 Å².